The highest BCUT2D eigenvalue weighted by atomic mass is 35.5. The number of nitrogens with zero attached hydrogens (tertiary/aromatic N) is 1. The van der Waals surface area contributed by atoms with E-state index >= 15 is 0 Å². The second-order valence-corrected chi connectivity index (χ2v) is 16.5. The highest BCUT2D eigenvalue weighted by Gasteiger charge is 2.30. The van der Waals surface area contributed by atoms with Gasteiger partial charge in [0.1, 0.15) is 23.7 Å². The van der Waals surface area contributed by atoms with Crippen LogP contribution in [0.1, 0.15) is 49.0 Å². The van der Waals surface area contributed by atoms with Gasteiger partial charge in [-0.1, -0.05) is 49.2 Å². The zero-order valence-corrected chi connectivity index (χ0v) is 32.5. The molecule has 0 aliphatic heterocycles. The smallest absolute Gasteiger partial charge is 0.405 e. The zero-order valence-electron chi connectivity index (χ0n) is 30.9. The van der Waals surface area contributed by atoms with Gasteiger partial charge in [0.2, 0.25) is 0 Å². The Labute approximate surface area is 332 Å². The number of halogens is 4. The minimum Gasteiger partial charge on any atom is -0.456 e. The Morgan fingerprint density at radius 3 is 2.49 bits per heavy atom. The number of fused-ring (bicyclic) bond motifs is 1. The highest BCUT2D eigenvalue weighted by Crippen LogP contribution is 2.43. The van der Waals surface area contributed by atoms with Gasteiger partial charge in [0.05, 0.1) is 15.4 Å². The predicted octanol–water partition coefficient (Wildman–Crippen LogP) is 9.28. The number of nitrogens with one attached hydrogen (secondary N) is 5. The number of carbonyl (C=O) groups is 1. The van der Waals surface area contributed by atoms with Gasteiger partial charge in [-0.25, -0.2) is 13.1 Å². The second kappa shape index (κ2) is 16.9. The molecule has 4 aromatic carbocycles. The van der Waals surface area contributed by atoms with Crippen LogP contribution in [0.2, 0.25) is 5.02 Å². The Bertz CT molecular complexity index is 2430. The summed E-state index contributed by atoms with van der Waals surface area (Å²) in [5.41, 5.74) is 3.71. The Hall–Kier alpha value is -5.58. The number of amides is 1. The summed E-state index contributed by atoms with van der Waals surface area (Å²) in [7, 11) is -4.76. The summed E-state index contributed by atoms with van der Waals surface area (Å²) in [6.07, 6.45) is 0.0399. The summed E-state index contributed by atoms with van der Waals surface area (Å²) in [6.45, 7) is 4.76. The maximum Gasteiger partial charge on any atom is 0.405 e. The van der Waals surface area contributed by atoms with Crippen molar-refractivity contribution in [2.75, 3.05) is 36.8 Å². The van der Waals surface area contributed by atoms with Crippen LogP contribution in [0.4, 0.5) is 30.2 Å². The molecule has 1 amide bonds. The second-order valence-electron chi connectivity index (χ2n) is 14.4. The minimum absolute atomic E-state index is 0.00891. The number of H-pyrrole nitrogens is 1. The van der Waals surface area contributed by atoms with Gasteiger partial charge in [-0.3, -0.25) is 14.9 Å². The van der Waals surface area contributed by atoms with Crippen LogP contribution < -0.4 is 25.4 Å². The van der Waals surface area contributed by atoms with Crippen molar-refractivity contribution in [1.82, 2.24) is 15.0 Å². The van der Waals surface area contributed by atoms with Crippen molar-refractivity contribution in [3.63, 3.8) is 0 Å². The zero-order chi connectivity index (χ0) is 41.0. The highest BCUT2D eigenvalue weighted by molar-refractivity contribution is 7.90. The van der Waals surface area contributed by atoms with E-state index < -0.39 is 49.8 Å². The molecule has 0 fully saturated rings. The molecule has 0 bridgehead atoms. The Balaban J connectivity index is 1.19. The molecular weight excluding hydrogens is 785 g/mol. The van der Waals surface area contributed by atoms with Gasteiger partial charge >= 0.3 is 6.18 Å². The van der Waals surface area contributed by atoms with Crippen LogP contribution in [0, 0.1) is 15.5 Å². The summed E-state index contributed by atoms with van der Waals surface area (Å²) >= 11 is 6.16. The number of nitro benzene ring substituents is 1. The van der Waals surface area contributed by atoms with Crippen molar-refractivity contribution >= 4 is 61.1 Å². The van der Waals surface area contributed by atoms with E-state index in [9.17, 15) is 36.5 Å². The van der Waals surface area contributed by atoms with Gasteiger partial charge in [0, 0.05) is 59.6 Å². The molecule has 0 saturated heterocycles. The van der Waals surface area contributed by atoms with Gasteiger partial charge in [0.15, 0.2) is 0 Å². The standard InChI is InChI=1S/C40H40ClF3N6O6S/c1-39(2)16-14-26(32(22-39)25-6-8-27(41)9-7-25)23-45-18-19-46-28-10-12-31(37(20-28)56-36-5-3-4-33-30(36)15-17-47-33)38(51)49-57(54,55)29-11-13-34(35(21-29)50(52)53)48-24-40(42,43)44/h3-13,15,17,20-21,45-48H,14,16,18-19,22-24H2,1-2H3,(H,49,51). The van der Waals surface area contributed by atoms with Crippen LogP contribution in [0.15, 0.2) is 102 Å². The molecule has 6 rings (SSSR count). The third kappa shape index (κ3) is 10.4. The van der Waals surface area contributed by atoms with Crippen LogP contribution in [0.25, 0.3) is 16.5 Å². The monoisotopic (exact) mass is 824 g/mol. The molecule has 0 spiro atoms. The average molecular weight is 825 g/mol. The number of allylic oxidation sites excluding steroid dienone is 1. The van der Waals surface area contributed by atoms with Crippen LogP contribution in [0.3, 0.4) is 0 Å². The van der Waals surface area contributed by atoms with Crippen LogP contribution in [-0.2, 0) is 10.0 Å². The minimum atomic E-state index is -4.76. The van der Waals surface area contributed by atoms with Crippen molar-refractivity contribution in [3.05, 3.63) is 123 Å². The fourth-order valence-corrected chi connectivity index (χ4v) is 7.71. The number of hydrogen-bond donors (Lipinski definition) is 5. The first-order valence-corrected chi connectivity index (χ1v) is 19.8. The number of sulfonamides is 1. The maximum atomic E-state index is 13.6. The first-order valence-electron chi connectivity index (χ1n) is 17.9. The normalized spacial score (nSPS) is 14.4. The average Bonchev–Trinajstić information content (AvgIpc) is 3.64. The molecule has 0 atom stereocenters. The molecule has 17 heteroatoms. The largest absolute Gasteiger partial charge is 0.456 e. The molecule has 0 saturated carbocycles. The summed E-state index contributed by atoms with van der Waals surface area (Å²) in [6, 6.07) is 21.8. The lowest BCUT2D eigenvalue weighted by atomic mass is 9.72. The first-order chi connectivity index (χ1) is 27.0. The first kappa shape index (κ1) is 41.1. The number of carbonyl (C=O) groups excluding carboxylic acids is 1. The summed E-state index contributed by atoms with van der Waals surface area (Å²) in [5.74, 6) is -0.723. The van der Waals surface area contributed by atoms with Crippen molar-refractivity contribution in [2.45, 2.75) is 44.2 Å². The van der Waals surface area contributed by atoms with E-state index in [1.165, 1.54) is 22.8 Å². The lowest BCUT2D eigenvalue weighted by Crippen LogP contribution is -2.31. The van der Waals surface area contributed by atoms with E-state index in [1.807, 2.05) is 28.2 Å². The van der Waals surface area contributed by atoms with Gasteiger partial charge in [-0.2, -0.15) is 13.2 Å². The number of ether oxygens (including phenoxy) is 1. The molecule has 5 aromatic rings. The molecular formula is C40H40ClF3N6O6S. The van der Waals surface area contributed by atoms with E-state index in [-0.39, 0.29) is 16.7 Å². The summed E-state index contributed by atoms with van der Waals surface area (Å²) in [4.78, 5) is 26.6. The van der Waals surface area contributed by atoms with Crippen LogP contribution in [-0.4, -0.2) is 56.6 Å². The molecule has 5 N–H and O–H groups in total. The van der Waals surface area contributed by atoms with E-state index in [2.05, 4.69) is 41.6 Å². The van der Waals surface area contributed by atoms with Gasteiger partial charge in [0.25, 0.3) is 21.6 Å². The number of rotatable bonds is 15. The number of anilines is 2. The topological polar surface area (TPSA) is 167 Å². The molecule has 57 heavy (non-hydrogen) atoms. The van der Waals surface area contributed by atoms with Crippen molar-refractivity contribution < 1.29 is 36.0 Å². The lowest BCUT2D eigenvalue weighted by Gasteiger charge is -2.34. The van der Waals surface area contributed by atoms with E-state index in [0.29, 0.717) is 47.5 Å². The van der Waals surface area contributed by atoms with E-state index in [1.54, 1.807) is 36.5 Å². The Morgan fingerprint density at radius 1 is 0.982 bits per heavy atom. The quantitative estimate of drug-likeness (QED) is 0.0393. The number of aromatic amines is 1. The number of aromatic nitrogens is 1. The predicted molar refractivity (Wildman–Crippen MR) is 214 cm³/mol. The number of benzene rings is 4. The third-order valence-electron chi connectivity index (χ3n) is 9.53. The fraction of sp³-hybridized carbons (Fsp3) is 0.275. The van der Waals surface area contributed by atoms with Crippen LogP contribution in [0.5, 0.6) is 11.5 Å². The number of nitro groups is 1. The van der Waals surface area contributed by atoms with Gasteiger partial charge < -0.3 is 25.7 Å². The van der Waals surface area contributed by atoms with Gasteiger partial charge in [-0.05, 0) is 90.4 Å². The van der Waals surface area contributed by atoms with E-state index in [4.69, 9.17) is 16.3 Å². The Kier molecular flexibility index (Phi) is 12.2. The molecule has 300 valence electrons. The number of alkyl halides is 3. The maximum absolute atomic E-state index is 13.6. The molecule has 1 heterocycles. The SMILES string of the molecule is CC1(C)CCC(CNCCNc2ccc(C(=O)NS(=O)(=O)c3ccc(NCC(F)(F)F)c([N+](=O)[O-])c3)c(Oc3cccc4[nH]ccc34)c2)=C(c2ccc(Cl)cc2)C1. The van der Waals surface area contributed by atoms with E-state index in [0.717, 1.165) is 36.9 Å². The molecule has 1 aliphatic rings. The van der Waals surface area contributed by atoms with Crippen LogP contribution >= 0.6 is 11.6 Å². The van der Waals surface area contributed by atoms with Crippen molar-refractivity contribution in [3.8, 4) is 11.5 Å². The molecule has 0 radical (unpaired) electrons. The van der Waals surface area contributed by atoms with Gasteiger partial charge in [-0.15, -0.1) is 0 Å². The molecule has 1 aliphatic carbocycles. The van der Waals surface area contributed by atoms with Crippen molar-refractivity contribution in [2.24, 2.45) is 5.41 Å². The fourth-order valence-electron chi connectivity index (χ4n) is 6.60. The molecule has 0 unspecified atom stereocenters. The third-order valence-corrected chi connectivity index (χ3v) is 11.1. The number of hydrogen-bond acceptors (Lipinski definition) is 9. The summed E-state index contributed by atoms with van der Waals surface area (Å²) < 4.78 is 73.1. The molecule has 12 nitrogen and oxygen atoms in total. The summed E-state index contributed by atoms with van der Waals surface area (Å²) in [5, 5.41) is 21.8. The Morgan fingerprint density at radius 2 is 1.75 bits per heavy atom. The molecule has 1 aromatic heterocycles. The lowest BCUT2D eigenvalue weighted by molar-refractivity contribution is -0.384. The van der Waals surface area contributed by atoms with Crippen molar-refractivity contribution in [1.29, 1.82) is 0 Å².